The van der Waals surface area contributed by atoms with E-state index >= 15 is 0 Å². The summed E-state index contributed by atoms with van der Waals surface area (Å²) in [6.07, 6.45) is 4.33. The van der Waals surface area contributed by atoms with Crippen LogP contribution in [0.25, 0.3) is 11.3 Å². The summed E-state index contributed by atoms with van der Waals surface area (Å²) in [5.41, 5.74) is 3.78. The summed E-state index contributed by atoms with van der Waals surface area (Å²) in [6, 6.07) is 21.0. The van der Waals surface area contributed by atoms with Crippen LogP contribution in [0.1, 0.15) is 37.0 Å². The Morgan fingerprint density at radius 3 is 2.31 bits per heavy atom. The molecule has 1 atom stereocenters. The third-order valence-electron chi connectivity index (χ3n) is 6.73. The van der Waals surface area contributed by atoms with Crippen LogP contribution in [0.5, 0.6) is 0 Å². The quantitative estimate of drug-likeness (QED) is 0.450. The van der Waals surface area contributed by atoms with Gasteiger partial charge in [-0.1, -0.05) is 48.5 Å². The highest BCUT2D eigenvalue weighted by atomic mass is 32.2. The molecule has 4 rings (SSSR count). The predicted molar refractivity (Wildman–Crippen MR) is 140 cm³/mol. The average molecular weight is 508 g/mol. The molecule has 1 aliphatic heterocycles. The maximum absolute atomic E-state index is 12.6. The number of amides is 1. The lowest BCUT2D eigenvalue weighted by Gasteiger charge is -2.36. The molecule has 3 aromatic rings. The summed E-state index contributed by atoms with van der Waals surface area (Å²) in [5.74, 6) is 0. The fourth-order valence-electron chi connectivity index (χ4n) is 4.49. The molecule has 1 fully saturated rings. The van der Waals surface area contributed by atoms with Crippen molar-refractivity contribution in [2.75, 3.05) is 26.4 Å². The SMILES string of the molecule is C[C@H](OC(=O)N1CCC(N(C)Cc2ccc(-c3ccc(S(C)(=O)=O)cc3)nc2)CC1)c1ccccc1. The van der Waals surface area contributed by atoms with Crippen LogP contribution >= 0.6 is 0 Å². The maximum atomic E-state index is 12.6. The first-order valence-corrected chi connectivity index (χ1v) is 14.1. The molecule has 8 heteroatoms. The van der Waals surface area contributed by atoms with Crippen LogP contribution in [0.15, 0.2) is 77.8 Å². The van der Waals surface area contributed by atoms with Gasteiger partial charge in [-0.15, -0.1) is 0 Å². The van der Waals surface area contributed by atoms with Crippen LogP contribution in [-0.2, 0) is 21.1 Å². The van der Waals surface area contributed by atoms with E-state index in [4.69, 9.17) is 4.74 Å². The Kier molecular flexibility index (Phi) is 8.06. The highest BCUT2D eigenvalue weighted by molar-refractivity contribution is 7.90. The van der Waals surface area contributed by atoms with Crippen molar-refractivity contribution in [1.82, 2.24) is 14.8 Å². The molecule has 1 aromatic heterocycles. The minimum absolute atomic E-state index is 0.253. The minimum atomic E-state index is -3.21. The van der Waals surface area contributed by atoms with E-state index in [0.717, 1.165) is 41.8 Å². The van der Waals surface area contributed by atoms with Crippen LogP contribution in [0.2, 0.25) is 0 Å². The third kappa shape index (κ3) is 6.50. The third-order valence-corrected chi connectivity index (χ3v) is 7.86. The van der Waals surface area contributed by atoms with E-state index in [1.54, 1.807) is 29.2 Å². The van der Waals surface area contributed by atoms with Gasteiger partial charge in [-0.05, 0) is 56.1 Å². The lowest BCUT2D eigenvalue weighted by Crippen LogP contribution is -2.45. The van der Waals surface area contributed by atoms with Gasteiger partial charge >= 0.3 is 6.09 Å². The summed E-state index contributed by atoms with van der Waals surface area (Å²) >= 11 is 0. The lowest BCUT2D eigenvalue weighted by molar-refractivity contribution is 0.0521. The second-order valence-electron chi connectivity index (χ2n) is 9.42. The Balaban J connectivity index is 1.27. The number of likely N-dealkylation sites (tertiary alicyclic amines) is 1. The fraction of sp³-hybridized carbons (Fsp3) is 0.357. The van der Waals surface area contributed by atoms with Crippen molar-refractivity contribution in [3.63, 3.8) is 0 Å². The molecular weight excluding hydrogens is 474 g/mol. The first-order chi connectivity index (χ1) is 17.2. The molecule has 1 saturated heterocycles. The standard InChI is InChI=1S/C28H33N3O4S/c1-21(23-7-5-4-6-8-23)35-28(32)31-17-15-25(16-18-31)30(2)20-22-9-14-27(29-19-22)24-10-12-26(13-11-24)36(3,33)34/h4-14,19,21,25H,15-18,20H2,1-3H3/t21-/m0/s1. The zero-order valence-electron chi connectivity index (χ0n) is 21.0. The predicted octanol–water partition coefficient (Wildman–Crippen LogP) is 4.95. The molecule has 0 spiro atoms. The van der Waals surface area contributed by atoms with Gasteiger partial charge in [-0.3, -0.25) is 9.88 Å². The van der Waals surface area contributed by atoms with Crippen molar-refractivity contribution < 1.29 is 17.9 Å². The normalized spacial score (nSPS) is 15.6. The van der Waals surface area contributed by atoms with Crippen molar-refractivity contribution in [3.8, 4) is 11.3 Å². The van der Waals surface area contributed by atoms with E-state index in [0.29, 0.717) is 24.0 Å². The van der Waals surface area contributed by atoms with E-state index in [-0.39, 0.29) is 12.2 Å². The van der Waals surface area contributed by atoms with Crippen molar-refractivity contribution in [2.24, 2.45) is 0 Å². The molecule has 0 bridgehead atoms. The molecule has 36 heavy (non-hydrogen) atoms. The number of hydrogen-bond acceptors (Lipinski definition) is 6. The number of nitrogens with zero attached hydrogens (tertiary/aromatic N) is 3. The van der Waals surface area contributed by atoms with E-state index in [1.165, 1.54) is 6.26 Å². The summed E-state index contributed by atoms with van der Waals surface area (Å²) in [5, 5.41) is 0. The molecule has 0 N–H and O–H groups in total. The van der Waals surface area contributed by atoms with Crippen molar-refractivity contribution in [3.05, 3.63) is 84.1 Å². The van der Waals surface area contributed by atoms with Crippen LogP contribution in [0.4, 0.5) is 4.79 Å². The summed E-state index contributed by atoms with van der Waals surface area (Å²) in [7, 11) is -1.11. The Morgan fingerprint density at radius 1 is 1.06 bits per heavy atom. The minimum Gasteiger partial charge on any atom is -0.442 e. The summed E-state index contributed by atoms with van der Waals surface area (Å²) < 4.78 is 29.0. The first kappa shape index (κ1) is 25.9. The smallest absolute Gasteiger partial charge is 0.410 e. The van der Waals surface area contributed by atoms with Crippen LogP contribution in [0.3, 0.4) is 0 Å². The highest BCUT2D eigenvalue weighted by Crippen LogP contribution is 2.23. The van der Waals surface area contributed by atoms with Crippen molar-refractivity contribution in [1.29, 1.82) is 0 Å². The zero-order chi connectivity index (χ0) is 25.7. The molecule has 0 radical (unpaired) electrons. The van der Waals surface area contributed by atoms with Gasteiger partial charge in [0.05, 0.1) is 10.6 Å². The topological polar surface area (TPSA) is 79.8 Å². The molecule has 1 amide bonds. The number of rotatable bonds is 7. The Morgan fingerprint density at radius 2 is 1.72 bits per heavy atom. The summed E-state index contributed by atoms with van der Waals surface area (Å²) in [6.45, 7) is 4.02. The number of carbonyl (C=O) groups excluding carboxylic acids is 1. The van der Waals surface area contributed by atoms with Gasteiger partial charge in [0.2, 0.25) is 0 Å². The summed E-state index contributed by atoms with van der Waals surface area (Å²) in [4.78, 5) is 21.6. The number of hydrogen-bond donors (Lipinski definition) is 0. The van der Waals surface area contributed by atoms with E-state index in [2.05, 4.69) is 23.0 Å². The molecule has 0 saturated carbocycles. The van der Waals surface area contributed by atoms with Gasteiger partial charge in [0.25, 0.3) is 0 Å². The molecule has 190 valence electrons. The van der Waals surface area contributed by atoms with E-state index in [9.17, 15) is 13.2 Å². The molecule has 7 nitrogen and oxygen atoms in total. The van der Waals surface area contributed by atoms with E-state index in [1.807, 2.05) is 49.5 Å². The van der Waals surface area contributed by atoms with Crippen LogP contribution < -0.4 is 0 Å². The van der Waals surface area contributed by atoms with Crippen LogP contribution in [0, 0.1) is 0 Å². The second kappa shape index (κ2) is 11.2. The fourth-order valence-corrected chi connectivity index (χ4v) is 5.12. The second-order valence-corrected chi connectivity index (χ2v) is 11.4. The van der Waals surface area contributed by atoms with E-state index < -0.39 is 9.84 Å². The number of piperidine rings is 1. The molecule has 0 aliphatic carbocycles. The van der Waals surface area contributed by atoms with Gasteiger partial charge in [0.1, 0.15) is 6.10 Å². The van der Waals surface area contributed by atoms with Gasteiger partial charge in [-0.25, -0.2) is 13.2 Å². The Bertz CT molecular complexity index is 1250. The highest BCUT2D eigenvalue weighted by Gasteiger charge is 2.27. The van der Waals surface area contributed by atoms with Gasteiger partial charge in [0.15, 0.2) is 9.84 Å². The number of carbonyl (C=O) groups is 1. The molecule has 1 aliphatic rings. The molecule has 2 aromatic carbocycles. The molecule has 2 heterocycles. The Labute approximate surface area is 213 Å². The van der Waals surface area contributed by atoms with Crippen molar-refractivity contribution >= 4 is 15.9 Å². The number of pyridine rings is 1. The zero-order valence-corrected chi connectivity index (χ0v) is 21.8. The van der Waals surface area contributed by atoms with Gasteiger partial charge in [0, 0.05) is 43.7 Å². The number of sulfone groups is 1. The number of aromatic nitrogens is 1. The number of ether oxygens (including phenoxy) is 1. The van der Waals surface area contributed by atoms with Crippen LogP contribution in [-0.4, -0.2) is 61.7 Å². The monoisotopic (exact) mass is 507 g/mol. The lowest BCUT2D eigenvalue weighted by atomic mass is 10.0. The first-order valence-electron chi connectivity index (χ1n) is 12.2. The number of benzene rings is 2. The Hall–Kier alpha value is -3.23. The largest absolute Gasteiger partial charge is 0.442 e. The molecule has 0 unspecified atom stereocenters. The maximum Gasteiger partial charge on any atom is 0.410 e. The van der Waals surface area contributed by atoms with Gasteiger partial charge < -0.3 is 9.64 Å². The molecular formula is C28H33N3O4S. The van der Waals surface area contributed by atoms with Crippen molar-refractivity contribution in [2.45, 2.75) is 43.4 Å². The van der Waals surface area contributed by atoms with Gasteiger partial charge in [-0.2, -0.15) is 0 Å². The average Bonchev–Trinajstić information content (AvgIpc) is 2.89.